The number of tetrazole rings is 1. The van der Waals surface area contributed by atoms with Gasteiger partial charge in [-0.15, -0.1) is 5.10 Å². The lowest BCUT2D eigenvalue weighted by Crippen LogP contribution is -2.29. The second-order valence-electron chi connectivity index (χ2n) is 6.53. The summed E-state index contributed by atoms with van der Waals surface area (Å²) < 4.78 is 27.0. The first-order chi connectivity index (χ1) is 13.7. The van der Waals surface area contributed by atoms with Gasteiger partial charge in [0.2, 0.25) is 15.9 Å². The summed E-state index contributed by atoms with van der Waals surface area (Å²) in [5.41, 5.74) is 2.25. The van der Waals surface area contributed by atoms with Crippen LogP contribution in [0.3, 0.4) is 0 Å². The maximum Gasteiger partial charge on any atom is 0.251 e. The third kappa shape index (κ3) is 5.35. The van der Waals surface area contributed by atoms with Gasteiger partial charge in [0.1, 0.15) is 0 Å². The Morgan fingerprint density at radius 1 is 1.14 bits per heavy atom. The van der Waals surface area contributed by atoms with E-state index in [1.807, 2.05) is 35.1 Å². The van der Waals surface area contributed by atoms with E-state index in [9.17, 15) is 18.0 Å². The molecule has 1 aromatic carbocycles. The fourth-order valence-corrected chi connectivity index (χ4v) is 3.32. The van der Waals surface area contributed by atoms with Crippen molar-refractivity contribution in [3.63, 3.8) is 0 Å². The van der Waals surface area contributed by atoms with E-state index in [2.05, 4.69) is 15.5 Å². The number of aromatic nitrogens is 5. The van der Waals surface area contributed by atoms with Crippen LogP contribution in [0.2, 0.25) is 0 Å². The van der Waals surface area contributed by atoms with Crippen LogP contribution in [-0.2, 0) is 21.4 Å². The van der Waals surface area contributed by atoms with E-state index < -0.39 is 15.9 Å². The van der Waals surface area contributed by atoms with Gasteiger partial charge in [-0.1, -0.05) is 12.1 Å². The van der Waals surface area contributed by atoms with Crippen LogP contribution in [0.5, 0.6) is 0 Å². The van der Waals surface area contributed by atoms with Crippen molar-refractivity contribution in [2.75, 3.05) is 6.26 Å². The summed E-state index contributed by atoms with van der Waals surface area (Å²) in [5, 5.41) is 11.4. The van der Waals surface area contributed by atoms with Crippen molar-refractivity contribution in [1.29, 1.82) is 0 Å². The van der Waals surface area contributed by atoms with Gasteiger partial charge >= 0.3 is 0 Å². The largest absolute Gasteiger partial charge is 0.315 e. The molecule has 0 aliphatic rings. The average Bonchev–Trinajstić information content (AvgIpc) is 3.07. The van der Waals surface area contributed by atoms with Gasteiger partial charge in [0.15, 0.2) is 5.82 Å². The van der Waals surface area contributed by atoms with E-state index in [0.717, 1.165) is 23.1 Å². The molecule has 1 N–H and O–H groups in total. The molecule has 0 saturated carbocycles. The first-order valence-electron chi connectivity index (χ1n) is 8.80. The van der Waals surface area contributed by atoms with Gasteiger partial charge in [-0.05, 0) is 53.1 Å². The zero-order chi connectivity index (χ0) is 21.0. The Balaban J connectivity index is 1.66. The van der Waals surface area contributed by atoms with E-state index in [4.69, 9.17) is 0 Å². The predicted molar refractivity (Wildman–Crippen MR) is 106 cm³/mol. The molecule has 0 saturated heterocycles. The number of carbonyl (C=O) groups excluding carboxylic acids is 1. The van der Waals surface area contributed by atoms with E-state index >= 15 is 0 Å². The summed E-state index contributed by atoms with van der Waals surface area (Å²) in [5.74, 6) is 0.0839. The Morgan fingerprint density at radius 2 is 1.86 bits per heavy atom. The lowest BCUT2D eigenvalue weighted by atomic mass is 10.1. The molecule has 3 aromatic rings. The number of carbonyl (C=O) groups is 1. The Hall–Kier alpha value is -3.34. The number of benzene rings is 1. The van der Waals surface area contributed by atoms with Crippen molar-refractivity contribution < 1.29 is 13.2 Å². The topological polar surface area (TPSA) is 129 Å². The molecule has 1 amide bonds. The predicted octanol–water partition coefficient (Wildman–Crippen LogP) is 0.655. The maximum absolute atomic E-state index is 12.4. The molecule has 0 bridgehead atoms. The number of rotatable bonds is 7. The molecule has 152 valence electrons. The first-order valence-corrected chi connectivity index (χ1v) is 10.7. The molecule has 2 aromatic heterocycles. The van der Waals surface area contributed by atoms with Crippen molar-refractivity contribution in [2.45, 2.75) is 26.3 Å². The third-order valence-corrected chi connectivity index (χ3v) is 4.77. The van der Waals surface area contributed by atoms with Crippen LogP contribution in [0, 0.1) is 6.92 Å². The summed E-state index contributed by atoms with van der Waals surface area (Å²) in [6.07, 6.45) is 2.94. The van der Waals surface area contributed by atoms with Crippen molar-refractivity contribution in [2.24, 2.45) is 0 Å². The molecule has 2 heterocycles. The first kappa shape index (κ1) is 20.4. The highest BCUT2D eigenvalue weighted by atomic mass is 32.2. The second-order valence-corrected chi connectivity index (χ2v) is 8.28. The summed E-state index contributed by atoms with van der Waals surface area (Å²) in [4.78, 5) is 23.9. The van der Waals surface area contributed by atoms with Crippen LogP contribution in [0.1, 0.15) is 18.7 Å². The molecule has 0 aliphatic carbocycles. The highest BCUT2D eigenvalue weighted by Crippen LogP contribution is 2.19. The van der Waals surface area contributed by atoms with E-state index in [-0.39, 0.29) is 12.0 Å². The summed E-state index contributed by atoms with van der Waals surface area (Å²) in [7, 11) is -3.56. The fourth-order valence-electron chi connectivity index (χ4n) is 2.81. The highest BCUT2D eigenvalue weighted by Gasteiger charge is 2.09. The number of hydrogen-bond donors (Lipinski definition) is 1. The number of pyridine rings is 1. The summed E-state index contributed by atoms with van der Waals surface area (Å²) in [6, 6.07) is 10.8. The van der Waals surface area contributed by atoms with Gasteiger partial charge in [0, 0.05) is 25.2 Å². The van der Waals surface area contributed by atoms with Crippen LogP contribution in [-0.4, -0.2) is 45.4 Å². The van der Waals surface area contributed by atoms with Crippen LogP contribution in [0.15, 0.2) is 47.4 Å². The maximum atomic E-state index is 12.4. The number of sulfonamides is 1. The van der Waals surface area contributed by atoms with Crippen LogP contribution < -0.4 is 10.3 Å². The lowest BCUT2D eigenvalue weighted by Gasteiger charge is -2.08. The van der Waals surface area contributed by atoms with Gasteiger partial charge in [-0.3, -0.25) is 14.3 Å². The molecule has 0 atom stereocenters. The van der Waals surface area contributed by atoms with Gasteiger partial charge < -0.3 is 4.57 Å². The monoisotopic (exact) mass is 416 g/mol. The van der Waals surface area contributed by atoms with Crippen LogP contribution in [0.25, 0.3) is 16.8 Å². The zero-order valence-electron chi connectivity index (χ0n) is 15.9. The minimum Gasteiger partial charge on any atom is -0.315 e. The van der Waals surface area contributed by atoms with Gasteiger partial charge in [0.25, 0.3) is 5.56 Å². The van der Waals surface area contributed by atoms with E-state index in [1.54, 1.807) is 17.8 Å². The number of nitrogens with zero attached hydrogens (tertiary/aromatic N) is 5. The van der Waals surface area contributed by atoms with E-state index in [0.29, 0.717) is 18.8 Å². The molecule has 29 heavy (non-hydrogen) atoms. The summed E-state index contributed by atoms with van der Waals surface area (Å²) >= 11 is 0. The highest BCUT2D eigenvalue weighted by molar-refractivity contribution is 7.89. The third-order valence-electron chi connectivity index (χ3n) is 4.17. The Bertz CT molecular complexity index is 1180. The molecule has 3 rings (SSSR count). The number of aryl methyl sites for hydroxylation is 2. The Kier molecular flexibility index (Phi) is 5.87. The van der Waals surface area contributed by atoms with Gasteiger partial charge in [0.05, 0.1) is 11.9 Å². The molecule has 0 aliphatic heterocycles. The van der Waals surface area contributed by atoms with Gasteiger partial charge in [-0.2, -0.15) is 4.68 Å². The van der Waals surface area contributed by atoms with Crippen LogP contribution in [0.4, 0.5) is 0 Å². The molecule has 0 fully saturated rings. The standard InChI is InChI=1S/C18H20N6O4S/c1-13-19-21-22-24(13)16-7-5-14(6-8-16)15-9-11-23(18(26)12-15)10-3-4-17(25)20-29(2,27)28/h5-9,11-12H,3-4,10H2,1-2H3,(H,20,25). The average molecular weight is 416 g/mol. The zero-order valence-corrected chi connectivity index (χ0v) is 16.8. The Morgan fingerprint density at radius 3 is 2.45 bits per heavy atom. The quantitative estimate of drug-likeness (QED) is 0.599. The van der Waals surface area contributed by atoms with Crippen LogP contribution >= 0.6 is 0 Å². The molecular formula is C18H20N6O4S. The smallest absolute Gasteiger partial charge is 0.251 e. The lowest BCUT2D eigenvalue weighted by molar-refractivity contribution is -0.119. The van der Waals surface area contributed by atoms with E-state index in [1.165, 1.54) is 10.6 Å². The SMILES string of the molecule is Cc1nnnn1-c1ccc(-c2ccn(CCCC(=O)NS(C)(=O)=O)c(=O)c2)cc1. The number of nitrogens with one attached hydrogen (secondary N) is 1. The fraction of sp³-hybridized carbons (Fsp3) is 0.278. The Labute approximate surface area is 167 Å². The van der Waals surface area contributed by atoms with Crippen molar-refractivity contribution >= 4 is 15.9 Å². The molecule has 10 nitrogen and oxygen atoms in total. The normalized spacial score (nSPS) is 11.4. The molecule has 0 radical (unpaired) electrons. The van der Waals surface area contributed by atoms with Crippen molar-refractivity contribution in [3.8, 4) is 16.8 Å². The van der Waals surface area contributed by atoms with Crippen molar-refractivity contribution in [1.82, 2.24) is 29.5 Å². The number of hydrogen-bond acceptors (Lipinski definition) is 7. The van der Waals surface area contributed by atoms with Crippen molar-refractivity contribution in [3.05, 3.63) is 58.8 Å². The number of amides is 1. The minimum atomic E-state index is -3.56. The molecule has 0 unspecified atom stereocenters. The molecular weight excluding hydrogens is 396 g/mol. The molecule has 0 spiro atoms. The van der Waals surface area contributed by atoms with Gasteiger partial charge in [-0.25, -0.2) is 8.42 Å². The summed E-state index contributed by atoms with van der Waals surface area (Å²) in [6.45, 7) is 2.12. The minimum absolute atomic E-state index is 0.0132. The second kappa shape index (κ2) is 8.35. The molecule has 11 heteroatoms.